The van der Waals surface area contributed by atoms with Crippen LogP contribution in [0.25, 0.3) is 11.5 Å². The van der Waals surface area contributed by atoms with E-state index in [-0.39, 0.29) is 28.0 Å². The second kappa shape index (κ2) is 7.89. The fourth-order valence-electron chi connectivity index (χ4n) is 3.75. The highest BCUT2D eigenvalue weighted by Crippen LogP contribution is 2.36. The molecule has 6 nitrogen and oxygen atoms in total. The van der Waals surface area contributed by atoms with Gasteiger partial charge in [-0.15, -0.1) is 0 Å². The number of ether oxygens (including phenoxy) is 1. The summed E-state index contributed by atoms with van der Waals surface area (Å²) in [6, 6.07) is 14.5. The summed E-state index contributed by atoms with van der Waals surface area (Å²) in [7, 11) is -3.86. The summed E-state index contributed by atoms with van der Waals surface area (Å²) in [5.74, 6) is 0.570. The summed E-state index contributed by atoms with van der Waals surface area (Å²) < 4.78 is 38.9. The molecule has 0 bridgehead atoms. The van der Waals surface area contributed by atoms with E-state index in [1.807, 2.05) is 56.9 Å². The molecule has 0 aliphatic carbocycles. The molecule has 0 N–H and O–H groups in total. The first-order valence-electron chi connectivity index (χ1n) is 10.0. The van der Waals surface area contributed by atoms with Crippen LogP contribution in [0.3, 0.4) is 0 Å². The van der Waals surface area contributed by atoms with Crippen molar-refractivity contribution in [3.8, 4) is 11.5 Å². The number of aryl methyl sites for hydroxylation is 2. The third-order valence-corrected chi connectivity index (χ3v) is 6.80. The van der Waals surface area contributed by atoms with Crippen molar-refractivity contribution in [3.05, 3.63) is 59.7 Å². The van der Waals surface area contributed by atoms with Crippen molar-refractivity contribution in [3.63, 3.8) is 0 Å². The Morgan fingerprint density at radius 3 is 2.27 bits per heavy atom. The molecule has 0 unspecified atom stereocenters. The molecule has 7 heteroatoms. The van der Waals surface area contributed by atoms with Gasteiger partial charge in [0.15, 0.2) is 0 Å². The molecule has 1 fully saturated rings. The van der Waals surface area contributed by atoms with Gasteiger partial charge in [-0.1, -0.05) is 35.4 Å². The zero-order valence-electron chi connectivity index (χ0n) is 17.6. The van der Waals surface area contributed by atoms with Gasteiger partial charge in [0.2, 0.25) is 26.6 Å². The highest BCUT2D eigenvalue weighted by molar-refractivity contribution is 7.91. The van der Waals surface area contributed by atoms with E-state index in [1.165, 1.54) is 0 Å². The molecule has 2 heterocycles. The number of sulfone groups is 1. The van der Waals surface area contributed by atoms with Crippen LogP contribution >= 0.6 is 0 Å². The van der Waals surface area contributed by atoms with Crippen molar-refractivity contribution in [1.29, 1.82) is 0 Å². The van der Waals surface area contributed by atoms with E-state index in [0.717, 1.165) is 16.7 Å². The van der Waals surface area contributed by atoms with Crippen LogP contribution in [0.15, 0.2) is 62.9 Å². The summed E-state index contributed by atoms with van der Waals surface area (Å²) >= 11 is 0. The van der Waals surface area contributed by atoms with Gasteiger partial charge in [-0.05, 0) is 52.0 Å². The molecule has 1 aromatic heterocycles. The van der Waals surface area contributed by atoms with E-state index in [2.05, 4.69) is 4.98 Å². The number of anilines is 1. The molecule has 0 saturated carbocycles. The van der Waals surface area contributed by atoms with Crippen molar-refractivity contribution in [2.75, 3.05) is 18.0 Å². The highest BCUT2D eigenvalue weighted by atomic mass is 32.2. The molecule has 4 rings (SSSR count). The van der Waals surface area contributed by atoms with Crippen molar-refractivity contribution < 1.29 is 17.6 Å². The summed E-state index contributed by atoms with van der Waals surface area (Å²) in [5, 5.41) is -0.0517. The Labute approximate surface area is 177 Å². The van der Waals surface area contributed by atoms with Crippen LogP contribution in [0.4, 0.5) is 5.88 Å². The van der Waals surface area contributed by atoms with Gasteiger partial charge in [-0.25, -0.2) is 8.42 Å². The predicted octanol–water partition coefficient (Wildman–Crippen LogP) is 4.40. The van der Waals surface area contributed by atoms with Crippen molar-refractivity contribution >= 4 is 15.7 Å². The Morgan fingerprint density at radius 2 is 1.63 bits per heavy atom. The molecular formula is C23H26N2O4S. The van der Waals surface area contributed by atoms with E-state index >= 15 is 0 Å². The Kier molecular flexibility index (Phi) is 5.42. The Hall–Kier alpha value is -2.64. The summed E-state index contributed by atoms with van der Waals surface area (Å²) in [6.07, 6.45) is -0.0904. The van der Waals surface area contributed by atoms with Crippen LogP contribution in [0, 0.1) is 13.8 Å². The van der Waals surface area contributed by atoms with Crippen molar-refractivity contribution in [1.82, 2.24) is 4.98 Å². The number of nitrogens with zero attached hydrogens (tertiary/aromatic N) is 2. The Morgan fingerprint density at radius 1 is 0.967 bits per heavy atom. The van der Waals surface area contributed by atoms with Crippen molar-refractivity contribution in [2.24, 2.45) is 0 Å². The normalized spacial score (nSPS) is 19.8. The van der Waals surface area contributed by atoms with E-state index in [4.69, 9.17) is 9.15 Å². The number of aromatic nitrogens is 1. The van der Waals surface area contributed by atoms with Gasteiger partial charge in [0, 0.05) is 18.7 Å². The molecule has 2 aromatic carbocycles. The summed E-state index contributed by atoms with van der Waals surface area (Å²) in [5.41, 5.74) is 2.78. The van der Waals surface area contributed by atoms with E-state index in [9.17, 15) is 8.42 Å². The van der Waals surface area contributed by atoms with Crippen LogP contribution < -0.4 is 4.90 Å². The quantitative estimate of drug-likeness (QED) is 0.616. The topological polar surface area (TPSA) is 72.6 Å². The third kappa shape index (κ3) is 4.00. The lowest BCUT2D eigenvalue weighted by molar-refractivity contribution is -0.00657. The first-order chi connectivity index (χ1) is 14.2. The number of hydrogen-bond donors (Lipinski definition) is 0. The fourth-order valence-corrected chi connectivity index (χ4v) is 5.07. The van der Waals surface area contributed by atoms with Crippen LogP contribution in [0.5, 0.6) is 0 Å². The second-order valence-electron chi connectivity index (χ2n) is 7.98. The maximum Gasteiger partial charge on any atom is 0.236 e. The van der Waals surface area contributed by atoms with Gasteiger partial charge in [-0.2, -0.15) is 4.98 Å². The fraction of sp³-hybridized carbons (Fsp3) is 0.348. The standard InChI is InChI=1S/C23H26N2O4S/c1-15-8-10-20(11-9-15)30(26,27)22-23(25-13-17(3)28-18(4)14-25)29-21(24-22)19-7-5-6-16(2)12-19/h5-12,17-18H,13-14H2,1-4H3/t17-,18-/m1/s1. The average molecular weight is 427 g/mol. The van der Waals surface area contributed by atoms with Gasteiger partial charge in [0.05, 0.1) is 17.1 Å². The van der Waals surface area contributed by atoms with Gasteiger partial charge in [0.25, 0.3) is 0 Å². The Bertz CT molecular complexity index is 1140. The first kappa shape index (κ1) is 20.6. The van der Waals surface area contributed by atoms with E-state index < -0.39 is 9.84 Å². The zero-order valence-corrected chi connectivity index (χ0v) is 18.4. The molecule has 0 spiro atoms. The van der Waals surface area contributed by atoms with Crippen LogP contribution in [0.1, 0.15) is 25.0 Å². The number of rotatable bonds is 4. The molecule has 0 radical (unpaired) electrons. The van der Waals surface area contributed by atoms with Gasteiger partial charge in [0.1, 0.15) is 0 Å². The molecule has 1 aliphatic heterocycles. The molecule has 30 heavy (non-hydrogen) atoms. The van der Waals surface area contributed by atoms with E-state index in [1.54, 1.807) is 24.3 Å². The van der Waals surface area contributed by atoms with E-state index in [0.29, 0.717) is 19.0 Å². The van der Waals surface area contributed by atoms with Crippen LogP contribution in [-0.2, 0) is 14.6 Å². The van der Waals surface area contributed by atoms with Crippen molar-refractivity contribution in [2.45, 2.75) is 49.8 Å². The maximum absolute atomic E-state index is 13.5. The minimum Gasteiger partial charge on any atom is -0.419 e. The lowest BCUT2D eigenvalue weighted by Gasteiger charge is -2.35. The SMILES string of the molecule is Cc1ccc(S(=O)(=O)c2nc(-c3cccc(C)c3)oc2N2C[C@@H](C)O[C@H](C)C2)cc1. The predicted molar refractivity (Wildman–Crippen MR) is 116 cm³/mol. The second-order valence-corrected chi connectivity index (χ2v) is 9.84. The molecule has 0 amide bonds. The maximum atomic E-state index is 13.5. The monoisotopic (exact) mass is 426 g/mol. The molecule has 158 valence electrons. The average Bonchev–Trinajstić information content (AvgIpc) is 3.14. The lowest BCUT2D eigenvalue weighted by atomic mass is 10.1. The third-order valence-electron chi connectivity index (χ3n) is 5.14. The molecular weight excluding hydrogens is 400 g/mol. The number of oxazole rings is 1. The van der Waals surface area contributed by atoms with Crippen LogP contribution in [0.2, 0.25) is 0 Å². The smallest absolute Gasteiger partial charge is 0.236 e. The van der Waals surface area contributed by atoms with Gasteiger partial charge < -0.3 is 14.1 Å². The minimum atomic E-state index is -3.86. The molecule has 1 saturated heterocycles. The first-order valence-corrected chi connectivity index (χ1v) is 11.5. The molecule has 1 aliphatic rings. The number of benzene rings is 2. The van der Waals surface area contributed by atoms with Gasteiger partial charge in [-0.3, -0.25) is 0 Å². The highest BCUT2D eigenvalue weighted by Gasteiger charge is 2.34. The van der Waals surface area contributed by atoms with Gasteiger partial charge >= 0.3 is 0 Å². The largest absolute Gasteiger partial charge is 0.419 e. The lowest BCUT2D eigenvalue weighted by Crippen LogP contribution is -2.45. The van der Waals surface area contributed by atoms with Crippen LogP contribution in [-0.4, -0.2) is 38.7 Å². The Balaban J connectivity index is 1.86. The number of morpholine rings is 1. The summed E-state index contributed by atoms with van der Waals surface area (Å²) in [6.45, 7) is 8.89. The number of hydrogen-bond acceptors (Lipinski definition) is 6. The summed E-state index contributed by atoms with van der Waals surface area (Å²) in [4.78, 5) is 6.60. The molecule has 2 atom stereocenters. The molecule has 3 aromatic rings. The minimum absolute atomic E-state index is 0.0452. The zero-order chi connectivity index (χ0) is 21.5.